The van der Waals surface area contributed by atoms with E-state index in [0.29, 0.717) is 32.5 Å². The first kappa shape index (κ1) is 20.1. The molecule has 1 spiro atoms. The summed E-state index contributed by atoms with van der Waals surface area (Å²) in [6.07, 6.45) is 3.95. The summed E-state index contributed by atoms with van der Waals surface area (Å²) < 4.78 is 23.9. The number of nitrogens with zero attached hydrogens (tertiary/aromatic N) is 1. The maximum Gasteiger partial charge on any atom is 0.410 e. The van der Waals surface area contributed by atoms with Crippen molar-refractivity contribution in [1.82, 2.24) is 4.90 Å². The van der Waals surface area contributed by atoms with E-state index in [1.54, 1.807) is 12.0 Å². The first-order valence-electron chi connectivity index (χ1n) is 10.4. The highest BCUT2D eigenvalue weighted by Gasteiger charge is 2.72. The Morgan fingerprint density at radius 2 is 2.11 bits per heavy atom. The van der Waals surface area contributed by atoms with Gasteiger partial charge in [-0.3, -0.25) is 0 Å². The highest BCUT2D eigenvalue weighted by molar-refractivity contribution is 5.68. The van der Waals surface area contributed by atoms with Crippen LogP contribution < -0.4 is 0 Å². The van der Waals surface area contributed by atoms with Crippen molar-refractivity contribution in [2.24, 2.45) is 5.92 Å². The van der Waals surface area contributed by atoms with Crippen molar-refractivity contribution in [3.63, 3.8) is 0 Å². The predicted molar refractivity (Wildman–Crippen MR) is 102 cm³/mol. The van der Waals surface area contributed by atoms with Gasteiger partial charge in [-0.1, -0.05) is 11.6 Å². The highest BCUT2D eigenvalue weighted by Crippen LogP contribution is 2.59. The van der Waals surface area contributed by atoms with Crippen LogP contribution in [0.15, 0.2) is 11.6 Å². The molecule has 7 atom stereocenters. The molecule has 3 saturated heterocycles. The smallest absolute Gasteiger partial charge is 0.410 e. The summed E-state index contributed by atoms with van der Waals surface area (Å²) in [6.45, 7) is 7.91. The number of ether oxygens (including phenoxy) is 4. The molecule has 7 nitrogen and oxygen atoms in total. The Bertz CT molecular complexity index is 643. The molecule has 3 heterocycles. The van der Waals surface area contributed by atoms with Gasteiger partial charge in [0.05, 0.1) is 24.7 Å². The number of aliphatic hydroxyl groups excluding tert-OH is 1. The molecule has 3 unspecified atom stereocenters. The van der Waals surface area contributed by atoms with Crippen molar-refractivity contribution < 1.29 is 28.8 Å². The molecule has 0 aromatic heterocycles. The molecule has 3 aliphatic heterocycles. The van der Waals surface area contributed by atoms with Crippen molar-refractivity contribution in [2.75, 3.05) is 26.8 Å². The molecule has 0 bridgehead atoms. The maximum absolute atomic E-state index is 12.6. The molecule has 1 saturated carbocycles. The van der Waals surface area contributed by atoms with Crippen LogP contribution in [0.2, 0.25) is 0 Å². The van der Waals surface area contributed by atoms with E-state index < -0.39 is 6.10 Å². The molecule has 158 valence electrons. The molecule has 4 fully saturated rings. The van der Waals surface area contributed by atoms with Gasteiger partial charge in [-0.2, -0.15) is 0 Å². The number of hydrogen-bond donors (Lipinski definition) is 1. The highest BCUT2D eigenvalue weighted by atomic mass is 16.6. The summed E-state index contributed by atoms with van der Waals surface area (Å²) >= 11 is 0. The Kier molecular flexibility index (Phi) is 5.23. The number of amides is 1. The fourth-order valence-corrected chi connectivity index (χ4v) is 5.18. The average molecular weight is 395 g/mol. The first-order chi connectivity index (χ1) is 13.3. The van der Waals surface area contributed by atoms with Gasteiger partial charge in [0, 0.05) is 20.2 Å². The number of rotatable bonds is 5. The van der Waals surface area contributed by atoms with E-state index in [2.05, 4.69) is 26.8 Å². The van der Waals surface area contributed by atoms with Crippen LogP contribution in [0.4, 0.5) is 4.79 Å². The van der Waals surface area contributed by atoms with Crippen molar-refractivity contribution >= 4 is 6.09 Å². The second kappa shape index (κ2) is 7.27. The molecule has 0 radical (unpaired) electrons. The normalized spacial score (nSPS) is 44.5. The van der Waals surface area contributed by atoms with Gasteiger partial charge >= 0.3 is 6.09 Å². The Morgan fingerprint density at radius 3 is 2.68 bits per heavy atom. The second-order valence-electron chi connectivity index (χ2n) is 9.19. The molecular weight excluding hydrogens is 362 g/mol. The molecule has 0 aromatic carbocycles. The number of carbonyl (C=O) groups excluding carboxylic acids is 1. The van der Waals surface area contributed by atoms with Gasteiger partial charge in [0.15, 0.2) is 0 Å². The molecule has 7 heteroatoms. The fourth-order valence-electron chi connectivity index (χ4n) is 5.18. The fraction of sp³-hybridized carbons (Fsp3) is 0.857. The summed E-state index contributed by atoms with van der Waals surface area (Å²) in [5.41, 5.74) is 0.724. The van der Waals surface area contributed by atoms with Crippen molar-refractivity contribution in [3.05, 3.63) is 11.6 Å². The van der Waals surface area contributed by atoms with E-state index in [1.807, 2.05) is 0 Å². The minimum absolute atomic E-state index is 0.0243. The monoisotopic (exact) mass is 395 g/mol. The zero-order valence-corrected chi connectivity index (χ0v) is 17.3. The van der Waals surface area contributed by atoms with E-state index in [9.17, 15) is 9.90 Å². The number of allylic oxidation sites excluding steroid dienone is 1. The van der Waals surface area contributed by atoms with Gasteiger partial charge in [-0.25, -0.2) is 4.79 Å². The molecular formula is C21H33NO6. The number of likely N-dealkylation sites (tertiary alicyclic amines) is 1. The van der Waals surface area contributed by atoms with E-state index in [0.717, 1.165) is 12.8 Å². The standard InChI is InChI=1S/C21H33NO6/c1-13(2)5-6-16-20(3,28-16)18-17(25-4)15(7-9-21(18)12-26-21)27-19(24)22-10-8-14(23)11-22/h5,14-18,23H,6-12H2,1-4H3/t14?,15-,16-,17?,18-,20+,21?/m1/s1. The van der Waals surface area contributed by atoms with Gasteiger partial charge in [0.1, 0.15) is 23.4 Å². The van der Waals surface area contributed by atoms with Gasteiger partial charge in [-0.15, -0.1) is 0 Å². The number of carbonyl (C=O) groups is 1. The van der Waals surface area contributed by atoms with E-state index in [-0.39, 0.29) is 41.5 Å². The van der Waals surface area contributed by atoms with E-state index >= 15 is 0 Å². The molecule has 1 N–H and O–H groups in total. The summed E-state index contributed by atoms with van der Waals surface area (Å²) in [5, 5.41) is 9.69. The largest absolute Gasteiger partial charge is 0.443 e. The van der Waals surface area contributed by atoms with Crippen LogP contribution in [0.3, 0.4) is 0 Å². The number of hydrogen-bond acceptors (Lipinski definition) is 6. The number of β-amino-alcohol motifs (C(OH)–C–C–N with tert-alkyl or cyclic N) is 1. The van der Waals surface area contributed by atoms with Gasteiger partial charge in [0.25, 0.3) is 0 Å². The lowest BCUT2D eigenvalue weighted by Crippen LogP contribution is -2.56. The SMILES string of the molecule is COC1[C@H](OC(=O)N2CCC(O)C2)CCC2(CO2)[C@H]1[C@@]1(C)O[C@@H]1CC=C(C)C. The predicted octanol–water partition coefficient (Wildman–Crippen LogP) is 2.27. The summed E-state index contributed by atoms with van der Waals surface area (Å²) in [4.78, 5) is 14.2. The van der Waals surface area contributed by atoms with Crippen LogP contribution in [0, 0.1) is 5.92 Å². The van der Waals surface area contributed by atoms with Crippen LogP contribution in [-0.2, 0) is 18.9 Å². The van der Waals surface area contributed by atoms with Crippen molar-refractivity contribution in [1.29, 1.82) is 0 Å². The minimum Gasteiger partial charge on any atom is -0.443 e. The van der Waals surface area contributed by atoms with Crippen LogP contribution in [0.5, 0.6) is 0 Å². The van der Waals surface area contributed by atoms with E-state index in [1.165, 1.54) is 5.57 Å². The first-order valence-corrected chi connectivity index (χ1v) is 10.4. The van der Waals surface area contributed by atoms with Crippen LogP contribution in [0.25, 0.3) is 0 Å². The third-order valence-corrected chi connectivity index (χ3v) is 6.91. The minimum atomic E-state index is -0.456. The van der Waals surface area contributed by atoms with Crippen LogP contribution >= 0.6 is 0 Å². The molecule has 1 amide bonds. The van der Waals surface area contributed by atoms with Crippen molar-refractivity contribution in [3.8, 4) is 0 Å². The molecule has 28 heavy (non-hydrogen) atoms. The number of methoxy groups -OCH3 is 1. The Labute approximate surface area is 166 Å². The summed E-state index contributed by atoms with van der Waals surface area (Å²) in [6, 6.07) is 0. The van der Waals surface area contributed by atoms with Crippen molar-refractivity contribution in [2.45, 2.75) is 82.1 Å². The van der Waals surface area contributed by atoms with Crippen LogP contribution in [-0.4, -0.2) is 78.5 Å². The van der Waals surface area contributed by atoms with Crippen LogP contribution in [0.1, 0.15) is 46.5 Å². The Balaban J connectivity index is 1.47. The third-order valence-electron chi connectivity index (χ3n) is 6.91. The zero-order chi connectivity index (χ0) is 20.1. The summed E-state index contributed by atoms with van der Waals surface area (Å²) in [5.74, 6) is 0.0243. The van der Waals surface area contributed by atoms with Gasteiger partial charge in [-0.05, 0) is 46.5 Å². The quantitative estimate of drug-likeness (QED) is 0.568. The number of aliphatic hydroxyl groups is 1. The maximum atomic E-state index is 12.6. The molecule has 1 aliphatic carbocycles. The summed E-state index contributed by atoms with van der Waals surface area (Å²) in [7, 11) is 1.68. The lowest BCUT2D eigenvalue weighted by molar-refractivity contribution is -0.121. The van der Waals surface area contributed by atoms with E-state index in [4.69, 9.17) is 18.9 Å². The molecule has 4 rings (SSSR count). The second-order valence-corrected chi connectivity index (χ2v) is 9.19. The Hall–Kier alpha value is -1.15. The third kappa shape index (κ3) is 3.58. The van der Waals surface area contributed by atoms with Gasteiger partial charge < -0.3 is 29.0 Å². The molecule has 0 aromatic rings. The number of epoxide rings is 2. The molecule has 4 aliphatic rings. The topological polar surface area (TPSA) is 84.1 Å². The Morgan fingerprint density at radius 1 is 1.36 bits per heavy atom. The lowest BCUT2D eigenvalue weighted by atomic mass is 9.68. The zero-order valence-electron chi connectivity index (χ0n) is 17.3. The lowest BCUT2D eigenvalue weighted by Gasteiger charge is -2.43. The average Bonchev–Trinajstić information content (AvgIpc) is 3.51. The van der Waals surface area contributed by atoms with Gasteiger partial charge in [0.2, 0.25) is 0 Å².